The maximum Gasteiger partial charge on any atom is 0.264 e. The second-order valence-electron chi connectivity index (χ2n) is 12.4. The number of carbonyl (C=O) groups excluding carboxylic acids is 2. The van der Waals surface area contributed by atoms with Gasteiger partial charge in [-0.2, -0.15) is 0 Å². The van der Waals surface area contributed by atoms with Gasteiger partial charge in [0.2, 0.25) is 11.8 Å². The highest BCUT2D eigenvalue weighted by Gasteiger charge is 2.36. The van der Waals surface area contributed by atoms with Crippen LogP contribution in [0.2, 0.25) is 15.1 Å². The van der Waals surface area contributed by atoms with Crippen molar-refractivity contribution in [1.82, 2.24) is 10.2 Å². The molecule has 254 valence electrons. The van der Waals surface area contributed by atoms with E-state index in [1.807, 2.05) is 58.0 Å². The molecule has 0 aliphatic heterocycles. The Balaban J connectivity index is 1.86. The van der Waals surface area contributed by atoms with Gasteiger partial charge < -0.3 is 15.0 Å². The summed E-state index contributed by atoms with van der Waals surface area (Å²) >= 11 is 19.0. The summed E-state index contributed by atoms with van der Waals surface area (Å²) in [7, 11) is -2.86. The van der Waals surface area contributed by atoms with Gasteiger partial charge in [0.25, 0.3) is 10.0 Å². The van der Waals surface area contributed by atoms with Crippen LogP contribution in [-0.4, -0.2) is 50.4 Å². The number of methoxy groups -OCH3 is 1. The molecule has 48 heavy (non-hydrogen) atoms. The van der Waals surface area contributed by atoms with E-state index < -0.39 is 40.0 Å². The topological polar surface area (TPSA) is 96.0 Å². The SMILES string of the molecule is COc1ccc(N(CC(=O)N(Cc2ccc(Cl)c(Cl)c2)[C@@H](Cc2ccccc2)C(=O)NC(C)(C)C)S(=O)(=O)c2ccc(C)cc2)cc1Cl. The van der Waals surface area contributed by atoms with Gasteiger partial charge in [-0.25, -0.2) is 8.42 Å². The molecule has 8 nitrogen and oxygen atoms in total. The molecule has 4 aromatic carbocycles. The van der Waals surface area contributed by atoms with Crippen molar-refractivity contribution in [3.8, 4) is 5.75 Å². The minimum atomic E-state index is -4.31. The second-order valence-corrected chi connectivity index (χ2v) is 15.4. The molecule has 0 aromatic heterocycles. The van der Waals surface area contributed by atoms with Gasteiger partial charge in [-0.05, 0) is 81.3 Å². The minimum Gasteiger partial charge on any atom is -0.495 e. The first-order valence-electron chi connectivity index (χ1n) is 15.1. The van der Waals surface area contributed by atoms with Crippen molar-refractivity contribution >= 4 is 62.3 Å². The summed E-state index contributed by atoms with van der Waals surface area (Å²) < 4.78 is 34.8. The number of anilines is 1. The Morgan fingerprint density at radius 3 is 2.08 bits per heavy atom. The first kappa shape index (κ1) is 37.1. The van der Waals surface area contributed by atoms with Crippen LogP contribution in [0.3, 0.4) is 0 Å². The number of aryl methyl sites for hydroxylation is 1. The van der Waals surface area contributed by atoms with Crippen LogP contribution >= 0.6 is 34.8 Å². The molecule has 0 spiro atoms. The largest absolute Gasteiger partial charge is 0.495 e. The Labute approximate surface area is 297 Å². The molecule has 0 unspecified atom stereocenters. The molecule has 12 heteroatoms. The van der Waals surface area contributed by atoms with E-state index >= 15 is 0 Å². The number of amides is 2. The number of halogens is 3. The third-order valence-electron chi connectivity index (χ3n) is 7.42. The normalized spacial score (nSPS) is 12.2. The van der Waals surface area contributed by atoms with Crippen molar-refractivity contribution in [2.24, 2.45) is 0 Å². The summed E-state index contributed by atoms with van der Waals surface area (Å²) in [5, 5.41) is 3.77. The number of nitrogens with one attached hydrogen (secondary N) is 1. The van der Waals surface area contributed by atoms with E-state index in [0.717, 1.165) is 15.4 Å². The van der Waals surface area contributed by atoms with E-state index in [1.54, 1.807) is 30.3 Å². The Morgan fingerprint density at radius 1 is 0.833 bits per heavy atom. The fourth-order valence-electron chi connectivity index (χ4n) is 5.02. The van der Waals surface area contributed by atoms with Crippen molar-refractivity contribution in [2.75, 3.05) is 18.0 Å². The first-order valence-corrected chi connectivity index (χ1v) is 17.7. The average Bonchev–Trinajstić information content (AvgIpc) is 3.02. The predicted molar refractivity (Wildman–Crippen MR) is 193 cm³/mol. The molecule has 0 bridgehead atoms. The summed E-state index contributed by atoms with van der Waals surface area (Å²) in [5.74, 6) is -0.698. The third kappa shape index (κ3) is 9.44. The van der Waals surface area contributed by atoms with Crippen molar-refractivity contribution in [3.63, 3.8) is 0 Å². The van der Waals surface area contributed by atoms with Crippen molar-refractivity contribution in [2.45, 2.75) is 57.1 Å². The number of hydrogen-bond acceptors (Lipinski definition) is 5. The lowest BCUT2D eigenvalue weighted by Gasteiger charge is -2.35. The monoisotopic (exact) mass is 729 g/mol. The Morgan fingerprint density at radius 2 is 1.50 bits per heavy atom. The molecule has 2 amide bonds. The van der Waals surface area contributed by atoms with Gasteiger partial charge in [0.05, 0.1) is 32.8 Å². The fraction of sp³-hybridized carbons (Fsp3) is 0.278. The zero-order chi connectivity index (χ0) is 35.2. The van der Waals surface area contributed by atoms with E-state index in [9.17, 15) is 18.0 Å². The summed E-state index contributed by atoms with van der Waals surface area (Å²) in [6.45, 7) is 6.68. The second kappa shape index (κ2) is 15.6. The van der Waals surface area contributed by atoms with Crippen LogP contribution in [0.4, 0.5) is 5.69 Å². The van der Waals surface area contributed by atoms with E-state index in [4.69, 9.17) is 39.5 Å². The van der Waals surface area contributed by atoms with Crippen molar-refractivity contribution < 1.29 is 22.7 Å². The Bertz CT molecular complexity index is 1860. The standard InChI is InChI=1S/C36H38Cl3N3O5S/c1-24-11-15-28(16-12-24)48(45,46)42(27-14-18-33(47-5)31(39)21-27)23-34(43)41(22-26-13-17-29(37)30(38)19-26)32(35(44)40-36(2,3)4)20-25-9-7-6-8-10-25/h6-19,21,32H,20,22-23H2,1-5H3,(H,40,44)/t32-/m0/s1. The lowest BCUT2D eigenvalue weighted by atomic mass is 10.0. The lowest BCUT2D eigenvalue weighted by molar-refractivity contribution is -0.140. The summed E-state index contributed by atoms with van der Waals surface area (Å²) in [6.07, 6.45) is 0.162. The van der Waals surface area contributed by atoms with Gasteiger partial charge in [0, 0.05) is 18.5 Å². The quantitative estimate of drug-likeness (QED) is 0.161. The Hall–Kier alpha value is -3.76. The highest BCUT2D eigenvalue weighted by molar-refractivity contribution is 7.92. The molecule has 0 aliphatic rings. The molecule has 0 heterocycles. The number of ether oxygens (including phenoxy) is 1. The zero-order valence-electron chi connectivity index (χ0n) is 27.3. The van der Waals surface area contributed by atoms with Gasteiger partial charge in [-0.1, -0.05) is 88.9 Å². The molecular formula is C36H38Cl3N3O5S. The number of hydrogen-bond donors (Lipinski definition) is 1. The third-order valence-corrected chi connectivity index (χ3v) is 10.2. The van der Waals surface area contributed by atoms with Crippen LogP contribution in [0, 0.1) is 6.92 Å². The summed E-state index contributed by atoms with van der Waals surface area (Å²) in [6, 6.07) is 24.0. The van der Waals surface area contributed by atoms with Gasteiger partial charge in [0.1, 0.15) is 18.3 Å². The number of rotatable bonds is 12. The Kier molecular flexibility index (Phi) is 12.1. The molecule has 0 saturated carbocycles. The van der Waals surface area contributed by atoms with Crippen LogP contribution in [-0.2, 0) is 32.6 Å². The van der Waals surface area contributed by atoms with Crippen LogP contribution < -0.4 is 14.4 Å². The number of sulfonamides is 1. The summed E-state index contributed by atoms with van der Waals surface area (Å²) in [5.41, 5.74) is 1.79. The number of nitrogens with zero attached hydrogens (tertiary/aromatic N) is 2. The van der Waals surface area contributed by atoms with E-state index in [-0.39, 0.29) is 33.6 Å². The van der Waals surface area contributed by atoms with Crippen LogP contribution in [0.5, 0.6) is 5.75 Å². The summed E-state index contributed by atoms with van der Waals surface area (Å²) in [4.78, 5) is 30.0. The molecule has 4 rings (SSSR count). The van der Waals surface area contributed by atoms with Gasteiger partial charge >= 0.3 is 0 Å². The van der Waals surface area contributed by atoms with Crippen molar-refractivity contribution in [3.05, 3.63) is 123 Å². The lowest BCUT2D eigenvalue weighted by Crippen LogP contribution is -2.56. The van der Waals surface area contributed by atoms with Crippen LogP contribution in [0.25, 0.3) is 0 Å². The van der Waals surface area contributed by atoms with Crippen LogP contribution in [0.15, 0.2) is 95.9 Å². The molecule has 0 radical (unpaired) electrons. The minimum absolute atomic E-state index is 0.0183. The number of carbonyl (C=O) groups is 2. The molecule has 1 atom stereocenters. The van der Waals surface area contributed by atoms with Crippen molar-refractivity contribution in [1.29, 1.82) is 0 Å². The maximum atomic E-state index is 14.6. The highest BCUT2D eigenvalue weighted by atomic mass is 35.5. The maximum absolute atomic E-state index is 14.6. The molecular weight excluding hydrogens is 693 g/mol. The first-order chi connectivity index (χ1) is 22.6. The number of benzene rings is 4. The molecule has 0 saturated heterocycles. The molecule has 0 fully saturated rings. The average molecular weight is 731 g/mol. The smallest absolute Gasteiger partial charge is 0.264 e. The predicted octanol–water partition coefficient (Wildman–Crippen LogP) is 7.71. The van der Waals surface area contributed by atoms with E-state index in [0.29, 0.717) is 16.3 Å². The fourth-order valence-corrected chi connectivity index (χ4v) is 7.00. The molecule has 1 N–H and O–H groups in total. The van der Waals surface area contributed by atoms with E-state index in [1.165, 1.54) is 42.3 Å². The van der Waals surface area contributed by atoms with E-state index in [2.05, 4.69) is 5.32 Å². The van der Waals surface area contributed by atoms with Gasteiger partial charge in [0.15, 0.2) is 0 Å². The molecule has 4 aromatic rings. The van der Waals surface area contributed by atoms with Gasteiger partial charge in [-0.3, -0.25) is 13.9 Å². The molecule has 0 aliphatic carbocycles. The zero-order valence-corrected chi connectivity index (χ0v) is 30.4. The van der Waals surface area contributed by atoms with Gasteiger partial charge in [-0.15, -0.1) is 0 Å². The highest BCUT2D eigenvalue weighted by Crippen LogP contribution is 2.33. The van der Waals surface area contributed by atoms with Crippen LogP contribution in [0.1, 0.15) is 37.5 Å².